The van der Waals surface area contributed by atoms with E-state index in [1.54, 1.807) is 6.92 Å². The van der Waals surface area contributed by atoms with E-state index in [1.807, 2.05) is 0 Å². The van der Waals surface area contributed by atoms with Crippen LogP contribution in [0.1, 0.15) is 6.92 Å². The summed E-state index contributed by atoms with van der Waals surface area (Å²) in [7, 11) is 1.47. The Balaban J connectivity index is 2.35. The molecule has 0 aromatic rings. The number of ether oxygens (including phenoxy) is 1. The van der Waals surface area contributed by atoms with Crippen molar-refractivity contribution in [1.29, 1.82) is 0 Å². The molecule has 98 valence electrons. The molecular formula is C11H13NO5S. The van der Waals surface area contributed by atoms with E-state index < -0.39 is 5.97 Å². The molecule has 2 rings (SSSR count). The number of hydrogen-bond acceptors (Lipinski definition) is 5. The predicted molar refractivity (Wildman–Crippen MR) is 64.5 cm³/mol. The normalized spacial score (nSPS) is 25.2. The molecule has 0 unspecified atom stereocenters. The minimum absolute atomic E-state index is 0.00802. The van der Waals surface area contributed by atoms with Gasteiger partial charge in [-0.1, -0.05) is 11.8 Å². The Kier molecular flexibility index (Phi) is 3.47. The van der Waals surface area contributed by atoms with Crippen molar-refractivity contribution in [3.8, 4) is 0 Å². The molecule has 6 nitrogen and oxygen atoms in total. The van der Waals surface area contributed by atoms with Gasteiger partial charge in [0.1, 0.15) is 11.1 Å². The van der Waals surface area contributed by atoms with Crippen LogP contribution in [0.3, 0.4) is 0 Å². The molecule has 0 aliphatic carbocycles. The molecule has 0 radical (unpaired) electrons. The van der Waals surface area contributed by atoms with Crippen LogP contribution < -0.4 is 0 Å². The number of amides is 1. The van der Waals surface area contributed by atoms with Crippen LogP contribution in [0.15, 0.2) is 21.7 Å². The fraction of sp³-hybridized carbons (Fsp3) is 0.455. The van der Waals surface area contributed by atoms with Crippen LogP contribution >= 0.6 is 11.8 Å². The number of carbonyl (C=O) groups is 2. The molecule has 2 heterocycles. The first-order chi connectivity index (χ1) is 8.52. The molecule has 7 heteroatoms. The van der Waals surface area contributed by atoms with Crippen LogP contribution in [-0.4, -0.2) is 52.7 Å². The molecule has 1 fully saturated rings. The SMILES string of the molecule is COCC1=C(C(=O)O)N2C(=O)/C(=C(\C)CO)[C@H]2S1. The van der Waals surface area contributed by atoms with Crippen LogP contribution in [0.4, 0.5) is 0 Å². The second-order valence-electron chi connectivity index (χ2n) is 4.01. The Labute approximate surface area is 108 Å². The van der Waals surface area contributed by atoms with E-state index in [0.717, 1.165) is 0 Å². The third-order valence-corrected chi connectivity index (χ3v) is 4.13. The number of thioether (sulfide) groups is 1. The maximum Gasteiger partial charge on any atom is 0.353 e. The van der Waals surface area contributed by atoms with E-state index in [4.69, 9.17) is 14.9 Å². The standard InChI is InChI=1S/C11H13NO5S/c1-5(3-13)7-9(14)12-8(11(15)16)6(4-17-2)18-10(7)12/h10,13H,3-4H2,1-2H3,(H,15,16)/b7-5-/t10-/m1/s1. The monoisotopic (exact) mass is 271 g/mol. The van der Waals surface area contributed by atoms with Gasteiger partial charge >= 0.3 is 5.97 Å². The maximum atomic E-state index is 11.9. The van der Waals surface area contributed by atoms with Crippen LogP contribution in [0.5, 0.6) is 0 Å². The first kappa shape index (κ1) is 13.1. The molecule has 18 heavy (non-hydrogen) atoms. The Bertz CT molecular complexity index is 482. The zero-order chi connectivity index (χ0) is 13.4. The highest BCUT2D eigenvalue weighted by Crippen LogP contribution is 2.49. The minimum atomic E-state index is -1.13. The average Bonchev–Trinajstić information content (AvgIpc) is 2.64. The van der Waals surface area contributed by atoms with E-state index in [-0.39, 0.29) is 30.2 Å². The minimum Gasteiger partial charge on any atom is -0.477 e. The fourth-order valence-corrected chi connectivity index (χ4v) is 3.47. The highest BCUT2D eigenvalue weighted by Gasteiger charge is 2.53. The highest BCUT2D eigenvalue weighted by atomic mass is 32.2. The summed E-state index contributed by atoms with van der Waals surface area (Å²) in [5.74, 6) is -1.48. The molecule has 2 aliphatic rings. The Morgan fingerprint density at radius 3 is 2.72 bits per heavy atom. The summed E-state index contributed by atoms with van der Waals surface area (Å²) in [6.07, 6.45) is 0. The summed E-state index contributed by atoms with van der Waals surface area (Å²) in [5, 5.41) is 17.9. The van der Waals surface area contributed by atoms with Gasteiger partial charge in [-0.3, -0.25) is 9.69 Å². The molecule has 1 amide bonds. The number of aliphatic hydroxyl groups excluding tert-OH is 1. The third-order valence-electron chi connectivity index (χ3n) is 2.86. The van der Waals surface area contributed by atoms with Crippen molar-refractivity contribution in [1.82, 2.24) is 4.90 Å². The number of carbonyl (C=O) groups excluding carboxylic acids is 1. The zero-order valence-electron chi connectivity index (χ0n) is 9.97. The lowest BCUT2D eigenvalue weighted by Crippen LogP contribution is -2.52. The average molecular weight is 271 g/mol. The second kappa shape index (κ2) is 4.75. The van der Waals surface area contributed by atoms with Crippen molar-refractivity contribution >= 4 is 23.6 Å². The predicted octanol–water partition coefficient (Wildman–Crippen LogP) is 0.153. The van der Waals surface area contributed by atoms with Crippen LogP contribution in [0.2, 0.25) is 0 Å². The fourth-order valence-electron chi connectivity index (χ4n) is 1.99. The molecule has 1 saturated heterocycles. The maximum absolute atomic E-state index is 11.9. The van der Waals surface area contributed by atoms with Crippen molar-refractivity contribution in [2.75, 3.05) is 20.3 Å². The van der Waals surface area contributed by atoms with Gasteiger partial charge in [0.15, 0.2) is 0 Å². The first-order valence-corrected chi connectivity index (χ1v) is 6.17. The summed E-state index contributed by atoms with van der Waals surface area (Å²) in [5.41, 5.74) is 1.07. The Morgan fingerprint density at radius 2 is 2.22 bits per heavy atom. The van der Waals surface area contributed by atoms with Gasteiger partial charge in [0.2, 0.25) is 0 Å². The molecule has 0 bridgehead atoms. The zero-order valence-corrected chi connectivity index (χ0v) is 10.8. The third kappa shape index (κ3) is 1.75. The van der Waals surface area contributed by atoms with Gasteiger partial charge in [0, 0.05) is 12.0 Å². The summed E-state index contributed by atoms with van der Waals surface area (Å²) < 4.78 is 4.94. The largest absolute Gasteiger partial charge is 0.477 e. The van der Waals surface area contributed by atoms with E-state index in [0.29, 0.717) is 16.1 Å². The molecule has 0 aromatic carbocycles. The summed E-state index contributed by atoms with van der Waals surface area (Å²) in [6, 6.07) is 0. The van der Waals surface area contributed by atoms with Gasteiger partial charge in [0.05, 0.1) is 18.8 Å². The van der Waals surface area contributed by atoms with Crippen molar-refractivity contribution in [3.63, 3.8) is 0 Å². The molecule has 1 atom stereocenters. The first-order valence-electron chi connectivity index (χ1n) is 5.29. The van der Waals surface area contributed by atoms with Crippen LogP contribution in [-0.2, 0) is 14.3 Å². The number of β-lactam (4-membered cyclic amide) rings is 1. The number of aliphatic hydroxyl groups is 1. The molecule has 0 aromatic heterocycles. The van der Waals surface area contributed by atoms with Crippen molar-refractivity contribution in [2.45, 2.75) is 12.3 Å². The lowest BCUT2D eigenvalue weighted by Gasteiger charge is -2.38. The number of carboxylic acid groups (broad SMARTS) is 1. The Hall–Kier alpha value is -1.31. The van der Waals surface area contributed by atoms with E-state index in [2.05, 4.69) is 0 Å². The number of rotatable bonds is 4. The van der Waals surface area contributed by atoms with Crippen molar-refractivity contribution in [2.24, 2.45) is 0 Å². The second-order valence-corrected chi connectivity index (χ2v) is 5.18. The molecule has 0 spiro atoms. The van der Waals surface area contributed by atoms with Crippen LogP contribution in [0.25, 0.3) is 0 Å². The lowest BCUT2D eigenvalue weighted by atomic mass is 9.99. The van der Waals surface area contributed by atoms with Gasteiger partial charge in [-0.25, -0.2) is 4.79 Å². The van der Waals surface area contributed by atoms with E-state index >= 15 is 0 Å². The number of fused-ring (bicyclic) bond motifs is 1. The van der Waals surface area contributed by atoms with E-state index in [1.165, 1.54) is 23.8 Å². The smallest absolute Gasteiger partial charge is 0.353 e. The van der Waals surface area contributed by atoms with Gasteiger partial charge in [-0.05, 0) is 12.5 Å². The van der Waals surface area contributed by atoms with Gasteiger partial charge in [-0.2, -0.15) is 0 Å². The Morgan fingerprint density at radius 1 is 1.56 bits per heavy atom. The topological polar surface area (TPSA) is 87.1 Å². The number of carboxylic acids is 1. The van der Waals surface area contributed by atoms with Crippen molar-refractivity contribution in [3.05, 3.63) is 21.7 Å². The van der Waals surface area contributed by atoms with Crippen molar-refractivity contribution < 1.29 is 24.5 Å². The van der Waals surface area contributed by atoms with Gasteiger partial charge < -0.3 is 14.9 Å². The summed E-state index contributed by atoms with van der Waals surface area (Å²) >= 11 is 1.29. The van der Waals surface area contributed by atoms with Gasteiger partial charge in [-0.15, -0.1) is 0 Å². The number of aliphatic carboxylic acids is 1. The molecular weight excluding hydrogens is 258 g/mol. The van der Waals surface area contributed by atoms with E-state index in [9.17, 15) is 9.59 Å². The molecule has 2 N–H and O–H groups in total. The van der Waals surface area contributed by atoms with Crippen LogP contribution in [0, 0.1) is 0 Å². The molecule has 2 aliphatic heterocycles. The quantitative estimate of drug-likeness (QED) is 0.559. The number of hydrogen-bond donors (Lipinski definition) is 2. The lowest BCUT2D eigenvalue weighted by molar-refractivity contribution is -0.141. The summed E-state index contributed by atoms with van der Waals surface area (Å²) in [4.78, 5) is 24.9. The number of methoxy groups -OCH3 is 1. The highest BCUT2D eigenvalue weighted by molar-refractivity contribution is 8.04. The molecule has 0 saturated carbocycles. The van der Waals surface area contributed by atoms with Gasteiger partial charge in [0.25, 0.3) is 5.91 Å². The summed E-state index contributed by atoms with van der Waals surface area (Å²) in [6.45, 7) is 1.63. The number of nitrogens with zero attached hydrogens (tertiary/aromatic N) is 1.